The molecule has 0 saturated heterocycles. The first-order valence-corrected chi connectivity index (χ1v) is 10.4. The van der Waals surface area contributed by atoms with E-state index >= 15 is 0 Å². The number of halogens is 1. The third-order valence-electron chi connectivity index (χ3n) is 5.04. The average molecular weight is 379 g/mol. The normalized spacial score (nSPS) is 26.8. The molecule has 0 aliphatic heterocycles. The molecule has 2 aliphatic rings. The van der Waals surface area contributed by atoms with Crippen LogP contribution in [0.4, 0.5) is 0 Å². The van der Waals surface area contributed by atoms with Gasteiger partial charge in [-0.25, -0.2) is 0 Å². The largest absolute Gasteiger partial charge is 0.473 e. The van der Waals surface area contributed by atoms with Gasteiger partial charge in [-0.3, -0.25) is 0 Å². The summed E-state index contributed by atoms with van der Waals surface area (Å²) in [5.74, 6) is 2.10. The van der Waals surface area contributed by atoms with E-state index < -0.39 is 0 Å². The van der Waals surface area contributed by atoms with Crippen LogP contribution in [-0.4, -0.2) is 32.5 Å². The van der Waals surface area contributed by atoms with Gasteiger partial charge in [-0.2, -0.15) is 11.8 Å². The summed E-state index contributed by atoms with van der Waals surface area (Å²) in [6, 6.07) is 0. The number of fused-ring (bicyclic) bond motifs is 2. The summed E-state index contributed by atoms with van der Waals surface area (Å²) in [7, 11) is 0. The van der Waals surface area contributed by atoms with Crippen molar-refractivity contribution < 1.29 is 9.47 Å². The molecule has 0 amide bonds. The van der Waals surface area contributed by atoms with Gasteiger partial charge >= 0.3 is 0 Å². The van der Waals surface area contributed by atoms with Crippen molar-refractivity contribution in [1.29, 1.82) is 0 Å². The molecule has 1 atom stereocenters. The van der Waals surface area contributed by atoms with Gasteiger partial charge in [-0.15, -0.1) is 21.2 Å². The fraction of sp³-hybridized carbons (Fsp3) is 0.875. The Morgan fingerprint density at radius 3 is 2.61 bits per heavy atom. The fourth-order valence-electron chi connectivity index (χ4n) is 3.80. The SMILES string of the molecule is CCCC(CCOc1nsnc1O[C@]12CC[C@@H](CC1)C2)SC.Cl. The second-order valence-electron chi connectivity index (χ2n) is 6.59. The molecule has 0 radical (unpaired) electrons. The number of hydrogen-bond donors (Lipinski definition) is 0. The molecule has 4 nitrogen and oxygen atoms in total. The Hall–Kier alpha value is -0.200. The van der Waals surface area contributed by atoms with Crippen molar-refractivity contribution in [3.63, 3.8) is 0 Å². The van der Waals surface area contributed by atoms with Crippen LogP contribution in [0.15, 0.2) is 0 Å². The molecular formula is C16H27ClN2O2S2. The number of aromatic nitrogens is 2. The predicted octanol–water partition coefficient (Wildman–Crippen LogP) is 4.97. The first-order chi connectivity index (χ1) is 10.7. The van der Waals surface area contributed by atoms with Crippen molar-refractivity contribution >= 4 is 35.9 Å². The minimum Gasteiger partial charge on any atom is -0.473 e. The molecule has 0 spiro atoms. The van der Waals surface area contributed by atoms with Gasteiger partial charge in [-0.1, -0.05) is 13.3 Å². The quantitative estimate of drug-likeness (QED) is 0.606. The summed E-state index contributed by atoms with van der Waals surface area (Å²) in [5.41, 5.74) is 0.0303. The van der Waals surface area contributed by atoms with Crippen LogP contribution in [0.1, 0.15) is 58.3 Å². The van der Waals surface area contributed by atoms with E-state index in [-0.39, 0.29) is 18.0 Å². The van der Waals surface area contributed by atoms with E-state index in [1.807, 2.05) is 11.8 Å². The molecule has 2 aliphatic carbocycles. The van der Waals surface area contributed by atoms with Crippen molar-refractivity contribution in [1.82, 2.24) is 8.75 Å². The molecule has 1 aromatic heterocycles. The zero-order valence-corrected chi connectivity index (χ0v) is 16.4. The van der Waals surface area contributed by atoms with Crippen LogP contribution in [0.5, 0.6) is 11.8 Å². The summed E-state index contributed by atoms with van der Waals surface area (Å²) in [4.78, 5) is 0. The van der Waals surface area contributed by atoms with Crippen LogP contribution in [0.2, 0.25) is 0 Å². The van der Waals surface area contributed by atoms with Crippen molar-refractivity contribution in [3.8, 4) is 11.8 Å². The van der Waals surface area contributed by atoms with Gasteiger partial charge in [0.2, 0.25) is 0 Å². The smallest absolute Gasteiger partial charge is 0.291 e. The molecule has 1 heterocycles. The van der Waals surface area contributed by atoms with Crippen LogP contribution in [0.3, 0.4) is 0 Å². The summed E-state index contributed by atoms with van der Waals surface area (Å²) in [6.07, 6.45) is 11.8. The average Bonchev–Trinajstić information content (AvgIpc) is 3.23. The molecule has 132 valence electrons. The second-order valence-corrected chi connectivity index (χ2v) is 8.26. The number of rotatable bonds is 9. The standard InChI is InChI=1S/C16H26N2O2S2.ClH/c1-3-4-13(21-2)7-10-19-14-15(18-22-17-14)20-16-8-5-12(11-16)6-9-16;/h12-13H,3-11H2,1-2H3;1H/t12-,13?,16+;. The van der Waals surface area contributed by atoms with Gasteiger partial charge in [0.25, 0.3) is 11.8 Å². The first-order valence-electron chi connectivity index (χ1n) is 8.42. The van der Waals surface area contributed by atoms with E-state index in [2.05, 4.69) is 21.9 Å². The lowest BCUT2D eigenvalue weighted by molar-refractivity contribution is 0.0705. The highest BCUT2D eigenvalue weighted by molar-refractivity contribution is 7.99. The van der Waals surface area contributed by atoms with Gasteiger partial charge in [0.1, 0.15) is 5.60 Å². The van der Waals surface area contributed by atoms with Crippen LogP contribution in [0.25, 0.3) is 0 Å². The molecule has 7 heteroatoms. The highest BCUT2D eigenvalue weighted by Gasteiger charge is 2.47. The Morgan fingerprint density at radius 2 is 2.00 bits per heavy atom. The van der Waals surface area contributed by atoms with E-state index in [1.165, 1.54) is 56.7 Å². The summed E-state index contributed by atoms with van der Waals surface area (Å²) in [6.45, 7) is 2.93. The predicted molar refractivity (Wildman–Crippen MR) is 99.4 cm³/mol. The van der Waals surface area contributed by atoms with E-state index in [9.17, 15) is 0 Å². The number of thioether (sulfide) groups is 1. The molecule has 2 fully saturated rings. The van der Waals surface area contributed by atoms with Gasteiger partial charge in [0, 0.05) is 5.25 Å². The Bertz CT molecular complexity index is 478. The van der Waals surface area contributed by atoms with Crippen LogP contribution >= 0.6 is 35.9 Å². The van der Waals surface area contributed by atoms with Gasteiger partial charge in [0.05, 0.1) is 18.3 Å². The summed E-state index contributed by atoms with van der Waals surface area (Å²) < 4.78 is 20.7. The monoisotopic (exact) mass is 378 g/mol. The highest BCUT2D eigenvalue weighted by Crippen LogP contribution is 2.50. The maximum Gasteiger partial charge on any atom is 0.291 e. The molecule has 2 saturated carbocycles. The maximum absolute atomic E-state index is 6.26. The Labute approximate surface area is 153 Å². The minimum absolute atomic E-state index is 0. The molecule has 1 unspecified atom stereocenters. The second kappa shape index (κ2) is 8.77. The number of ether oxygens (including phenoxy) is 2. The highest BCUT2D eigenvalue weighted by atomic mass is 35.5. The molecule has 2 bridgehead atoms. The van der Waals surface area contributed by atoms with Crippen molar-refractivity contribution in [2.75, 3.05) is 12.9 Å². The first kappa shape index (κ1) is 19.1. The molecule has 3 rings (SSSR count). The van der Waals surface area contributed by atoms with E-state index in [0.29, 0.717) is 23.6 Å². The molecule has 1 aromatic rings. The molecule has 0 N–H and O–H groups in total. The zero-order chi connectivity index (χ0) is 15.4. The Balaban J connectivity index is 0.00000192. The molecule has 0 aromatic carbocycles. The fourth-order valence-corrected chi connectivity index (χ4v) is 5.04. The van der Waals surface area contributed by atoms with Crippen molar-refractivity contribution in [2.45, 2.75) is 69.1 Å². The van der Waals surface area contributed by atoms with Crippen LogP contribution in [0, 0.1) is 5.92 Å². The lowest BCUT2D eigenvalue weighted by Crippen LogP contribution is -2.30. The number of hydrogen-bond acceptors (Lipinski definition) is 6. The van der Waals surface area contributed by atoms with Gasteiger partial charge < -0.3 is 9.47 Å². The van der Waals surface area contributed by atoms with Crippen molar-refractivity contribution in [3.05, 3.63) is 0 Å². The molecular weight excluding hydrogens is 352 g/mol. The Kier molecular flexibility index (Phi) is 7.29. The lowest BCUT2D eigenvalue weighted by Gasteiger charge is -2.26. The van der Waals surface area contributed by atoms with E-state index in [1.54, 1.807) is 0 Å². The van der Waals surface area contributed by atoms with Crippen LogP contribution < -0.4 is 9.47 Å². The lowest BCUT2D eigenvalue weighted by atomic mass is 9.97. The Morgan fingerprint density at radius 1 is 1.26 bits per heavy atom. The topological polar surface area (TPSA) is 44.2 Å². The summed E-state index contributed by atoms with van der Waals surface area (Å²) >= 11 is 3.12. The third-order valence-corrected chi connectivity index (χ3v) is 6.68. The maximum atomic E-state index is 6.26. The molecule has 23 heavy (non-hydrogen) atoms. The van der Waals surface area contributed by atoms with Crippen molar-refractivity contribution in [2.24, 2.45) is 5.92 Å². The van der Waals surface area contributed by atoms with Gasteiger partial charge in [-0.05, 0) is 57.1 Å². The van der Waals surface area contributed by atoms with Crippen LogP contribution in [-0.2, 0) is 0 Å². The summed E-state index contributed by atoms with van der Waals surface area (Å²) in [5, 5.41) is 0.671. The zero-order valence-electron chi connectivity index (χ0n) is 14.0. The van der Waals surface area contributed by atoms with E-state index in [0.717, 1.165) is 12.3 Å². The van der Waals surface area contributed by atoms with E-state index in [4.69, 9.17) is 9.47 Å². The van der Waals surface area contributed by atoms with Gasteiger partial charge in [0.15, 0.2) is 0 Å². The number of nitrogens with zero attached hydrogens (tertiary/aromatic N) is 2. The third kappa shape index (κ3) is 4.67. The minimum atomic E-state index is 0.